The minimum Gasteiger partial charge on any atom is -0.394 e. The van der Waals surface area contributed by atoms with Gasteiger partial charge in [-0.2, -0.15) is 4.89 Å². The van der Waals surface area contributed by atoms with Crippen LogP contribution < -0.4 is 0 Å². The Morgan fingerprint density at radius 3 is 1.85 bits per heavy atom. The fraction of sp³-hybridized carbons (Fsp3) is 0.857. The third kappa shape index (κ3) is 24.6. The van der Waals surface area contributed by atoms with E-state index in [9.17, 15) is 4.79 Å². The molecular weight excluding hydrogens is 180 g/mol. The molecule has 0 unspecified atom stereocenters. The van der Waals surface area contributed by atoms with Crippen molar-refractivity contribution in [1.29, 1.82) is 0 Å². The average Bonchev–Trinajstić information content (AvgIpc) is 2.06. The Morgan fingerprint density at radius 1 is 1.23 bits per heavy atom. The van der Waals surface area contributed by atoms with Gasteiger partial charge >= 0.3 is 5.97 Å². The molecule has 0 bridgehead atoms. The maximum atomic E-state index is 9.70. The molecule has 0 aromatic heterocycles. The fourth-order valence-corrected chi connectivity index (χ4v) is 0.349. The molecule has 0 radical (unpaired) electrons. The third-order valence-corrected chi connectivity index (χ3v) is 0.672. The van der Waals surface area contributed by atoms with E-state index in [0.29, 0.717) is 13.2 Å². The third-order valence-electron chi connectivity index (χ3n) is 0.672. The lowest BCUT2D eigenvalue weighted by atomic mass is 10.7. The second kappa shape index (κ2) is 13.9. The highest BCUT2D eigenvalue weighted by Crippen LogP contribution is 1.70. The largest absolute Gasteiger partial charge is 0.394 e. The SMILES string of the molecule is COOC(C)=O.OCCOCCO. The summed E-state index contributed by atoms with van der Waals surface area (Å²) in [4.78, 5) is 17.6. The number of carbonyl (C=O) groups excluding carboxylic acids is 1. The number of rotatable bonds is 5. The molecule has 0 aliphatic carbocycles. The van der Waals surface area contributed by atoms with E-state index in [1.54, 1.807) is 0 Å². The van der Waals surface area contributed by atoms with Crippen LogP contribution >= 0.6 is 0 Å². The first-order valence-corrected chi connectivity index (χ1v) is 3.69. The summed E-state index contributed by atoms with van der Waals surface area (Å²) >= 11 is 0. The first kappa shape index (κ1) is 14.8. The molecule has 6 nitrogen and oxygen atoms in total. The van der Waals surface area contributed by atoms with Crippen LogP contribution in [-0.4, -0.2) is 49.7 Å². The Morgan fingerprint density at radius 2 is 1.69 bits per heavy atom. The van der Waals surface area contributed by atoms with Gasteiger partial charge in [0.1, 0.15) is 0 Å². The summed E-state index contributed by atoms with van der Waals surface area (Å²) in [5.41, 5.74) is 0. The summed E-state index contributed by atoms with van der Waals surface area (Å²) in [6, 6.07) is 0. The molecule has 0 atom stereocenters. The molecular formula is C7H16O6. The van der Waals surface area contributed by atoms with Gasteiger partial charge in [-0.3, -0.25) is 4.89 Å². The minimum absolute atomic E-state index is 0.0278. The number of ether oxygens (including phenoxy) is 1. The summed E-state index contributed by atoms with van der Waals surface area (Å²) in [7, 11) is 1.28. The van der Waals surface area contributed by atoms with E-state index in [-0.39, 0.29) is 13.2 Å². The Bertz CT molecular complexity index is 101. The zero-order valence-corrected chi connectivity index (χ0v) is 7.86. The van der Waals surface area contributed by atoms with Crippen molar-refractivity contribution in [2.75, 3.05) is 33.5 Å². The van der Waals surface area contributed by atoms with Crippen molar-refractivity contribution in [2.45, 2.75) is 6.92 Å². The summed E-state index contributed by atoms with van der Waals surface area (Å²) in [6.45, 7) is 1.96. The summed E-state index contributed by atoms with van der Waals surface area (Å²) in [5, 5.41) is 16.2. The number of aliphatic hydroxyl groups excluding tert-OH is 2. The van der Waals surface area contributed by atoms with Crippen molar-refractivity contribution in [3.05, 3.63) is 0 Å². The van der Waals surface area contributed by atoms with E-state index >= 15 is 0 Å². The van der Waals surface area contributed by atoms with Crippen molar-refractivity contribution in [3.63, 3.8) is 0 Å². The molecule has 0 saturated carbocycles. The average molecular weight is 196 g/mol. The lowest BCUT2D eigenvalue weighted by Gasteiger charge is -1.94. The van der Waals surface area contributed by atoms with Crippen LogP contribution in [0.3, 0.4) is 0 Å². The van der Waals surface area contributed by atoms with Crippen LogP contribution in [0.2, 0.25) is 0 Å². The highest BCUT2D eigenvalue weighted by molar-refractivity contribution is 5.65. The first-order valence-electron chi connectivity index (χ1n) is 3.69. The van der Waals surface area contributed by atoms with Gasteiger partial charge in [-0.1, -0.05) is 0 Å². The van der Waals surface area contributed by atoms with E-state index in [2.05, 4.69) is 14.5 Å². The number of hydrogen-bond donors (Lipinski definition) is 2. The second-order valence-corrected chi connectivity index (χ2v) is 1.80. The van der Waals surface area contributed by atoms with E-state index < -0.39 is 5.97 Å². The molecule has 0 saturated heterocycles. The van der Waals surface area contributed by atoms with Crippen LogP contribution in [0.5, 0.6) is 0 Å². The lowest BCUT2D eigenvalue weighted by Crippen LogP contribution is -2.03. The van der Waals surface area contributed by atoms with Gasteiger partial charge in [-0.15, -0.1) is 0 Å². The molecule has 0 fully saturated rings. The molecule has 0 amide bonds. The van der Waals surface area contributed by atoms with Gasteiger partial charge in [0.2, 0.25) is 0 Å². The summed E-state index contributed by atoms with van der Waals surface area (Å²) < 4.78 is 4.63. The predicted octanol–water partition coefficient (Wildman–Crippen LogP) is -0.901. The molecule has 0 aliphatic rings. The van der Waals surface area contributed by atoms with Crippen molar-refractivity contribution < 1.29 is 29.5 Å². The van der Waals surface area contributed by atoms with E-state index in [4.69, 9.17) is 10.2 Å². The smallest absolute Gasteiger partial charge is 0.339 e. The van der Waals surface area contributed by atoms with E-state index in [1.165, 1.54) is 14.0 Å². The van der Waals surface area contributed by atoms with Gasteiger partial charge in [0.05, 0.1) is 33.5 Å². The number of carbonyl (C=O) groups is 1. The topological polar surface area (TPSA) is 85.2 Å². The van der Waals surface area contributed by atoms with Gasteiger partial charge in [0.25, 0.3) is 0 Å². The van der Waals surface area contributed by atoms with E-state index in [1.807, 2.05) is 0 Å². The van der Waals surface area contributed by atoms with Crippen LogP contribution in [0.1, 0.15) is 6.92 Å². The maximum Gasteiger partial charge on any atom is 0.339 e. The van der Waals surface area contributed by atoms with E-state index in [0.717, 1.165) is 0 Å². The molecule has 0 aliphatic heterocycles. The van der Waals surface area contributed by atoms with Crippen LogP contribution in [0.25, 0.3) is 0 Å². The maximum absolute atomic E-state index is 9.70. The Balaban J connectivity index is 0. The van der Waals surface area contributed by atoms with Gasteiger partial charge in [-0.25, -0.2) is 4.79 Å². The van der Waals surface area contributed by atoms with Crippen LogP contribution in [0.15, 0.2) is 0 Å². The highest BCUT2D eigenvalue weighted by atomic mass is 17.2. The Hall–Kier alpha value is -0.690. The second-order valence-electron chi connectivity index (χ2n) is 1.80. The van der Waals surface area contributed by atoms with Crippen LogP contribution in [0.4, 0.5) is 0 Å². The normalized spacial score (nSPS) is 8.62. The predicted molar refractivity (Wildman–Crippen MR) is 43.8 cm³/mol. The van der Waals surface area contributed by atoms with Crippen LogP contribution in [-0.2, 0) is 19.3 Å². The van der Waals surface area contributed by atoms with Gasteiger partial charge in [-0.05, 0) is 0 Å². The molecule has 6 heteroatoms. The van der Waals surface area contributed by atoms with Gasteiger partial charge in [0.15, 0.2) is 0 Å². The monoisotopic (exact) mass is 196 g/mol. The minimum atomic E-state index is -0.433. The lowest BCUT2D eigenvalue weighted by molar-refractivity contribution is -0.252. The molecule has 0 rings (SSSR count). The molecule has 0 aromatic carbocycles. The van der Waals surface area contributed by atoms with Crippen LogP contribution in [0, 0.1) is 0 Å². The van der Waals surface area contributed by atoms with Crippen molar-refractivity contribution >= 4 is 5.97 Å². The van der Waals surface area contributed by atoms with Gasteiger partial charge < -0.3 is 14.9 Å². The number of aliphatic hydroxyl groups is 2. The zero-order chi connectivity index (χ0) is 10.5. The Kier molecular flexibility index (Phi) is 15.8. The summed E-state index contributed by atoms with van der Waals surface area (Å²) in [5.74, 6) is -0.433. The van der Waals surface area contributed by atoms with Crippen molar-refractivity contribution in [2.24, 2.45) is 0 Å². The molecule has 0 spiro atoms. The quantitative estimate of drug-likeness (QED) is 0.336. The van der Waals surface area contributed by atoms with Crippen molar-refractivity contribution in [3.8, 4) is 0 Å². The highest BCUT2D eigenvalue weighted by Gasteiger charge is 1.83. The standard InChI is InChI=1S/C4H10O3.C3H6O3/c5-1-3-7-4-2-6;1-3(4)6-5-2/h5-6H,1-4H2;1-2H3. The molecule has 2 N–H and O–H groups in total. The Labute approximate surface area is 77.0 Å². The fourth-order valence-electron chi connectivity index (χ4n) is 0.349. The number of hydrogen-bond acceptors (Lipinski definition) is 6. The van der Waals surface area contributed by atoms with Gasteiger partial charge in [0, 0.05) is 6.92 Å². The molecule has 80 valence electrons. The van der Waals surface area contributed by atoms with Crippen molar-refractivity contribution in [1.82, 2.24) is 0 Å². The summed E-state index contributed by atoms with van der Waals surface area (Å²) in [6.07, 6.45) is 0. The first-order chi connectivity index (χ1) is 6.18. The molecule has 13 heavy (non-hydrogen) atoms. The zero-order valence-electron chi connectivity index (χ0n) is 7.86. The molecule has 0 heterocycles. The molecule has 0 aromatic rings.